The molecule has 2 aliphatic rings. The van der Waals surface area contributed by atoms with Gasteiger partial charge in [-0.15, -0.1) is 0 Å². The Morgan fingerprint density at radius 3 is 2.61 bits per heavy atom. The van der Waals surface area contributed by atoms with Crippen LogP contribution in [0.4, 0.5) is 0 Å². The molecular formula is C16H32N2. The second kappa shape index (κ2) is 5.50. The highest BCUT2D eigenvalue weighted by Crippen LogP contribution is 2.44. The van der Waals surface area contributed by atoms with Crippen LogP contribution in [-0.4, -0.2) is 30.1 Å². The monoisotopic (exact) mass is 252 g/mol. The van der Waals surface area contributed by atoms with Gasteiger partial charge in [0.15, 0.2) is 0 Å². The Labute approximate surface area is 113 Å². The van der Waals surface area contributed by atoms with Gasteiger partial charge in [0.05, 0.1) is 0 Å². The van der Waals surface area contributed by atoms with Gasteiger partial charge in [-0.05, 0) is 50.0 Å². The predicted molar refractivity (Wildman–Crippen MR) is 78.6 cm³/mol. The molecule has 1 heterocycles. The SMILES string of the molecule is CCC1CCCN(C2(CN)CCCC(C)(C)C2)C1. The average molecular weight is 252 g/mol. The Hall–Kier alpha value is -0.0800. The highest BCUT2D eigenvalue weighted by Gasteiger charge is 2.44. The largest absolute Gasteiger partial charge is 0.329 e. The number of piperidine rings is 1. The first-order valence-corrected chi connectivity index (χ1v) is 7.96. The van der Waals surface area contributed by atoms with Crippen LogP contribution in [-0.2, 0) is 0 Å². The fourth-order valence-electron chi connectivity index (χ4n) is 4.37. The number of likely N-dealkylation sites (tertiary alicyclic amines) is 1. The molecule has 0 aromatic carbocycles. The van der Waals surface area contributed by atoms with E-state index in [-0.39, 0.29) is 0 Å². The molecule has 2 N–H and O–H groups in total. The summed E-state index contributed by atoms with van der Waals surface area (Å²) in [4.78, 5) is 2.77. The standard InChI is InChI=1S/C16H32N2/c1-4-14-7-5-10-18(11-14)16(13-17)9-6-8-15(2,3)12-16/h14H,4-13,17H2,1-3H3. The van der Waals surface area contributed by atoms with Crippen molar-refractivity contribution in [2.75, 3.05) is 19.6 Å². The van der Waals surface area contributed by atoms with Crippen molar-refractivity contribution < 1.29 is 0 Å². The van der Waals surface area contributed by atoms with Crippen LogP contribution in [0.5, 0.6) is 0 Å². The fourth-order valence-corrected chi connectivity index (χ4v) is 4.37. The first-order valence-electron chi connectivity index (χ1n) is 7.96. The highest BCUT2D eigenvalue weighted by atomic mass is 15.2. The minimum atomic E-state index is 0.315. The van der Waals surface area contributed by atoms with E-state index in [1.165, 1.54) is 58.0 Å². The molecule has 106 valence electrons. The Morgan fingerprint density at radius 1 is 1.22 bits per heavy atom. The average Bonchev–Trinajstić information content (AvgIpc) is 2.37. The summed E-state index contributed by atoms with van der Waals surface area (Å²) in [6.07, 6.45) is 9.49. The molecule has 1 saturated carbocycles. The van der Waals surface area contributed by atoms with Gasteiger partial charge >= 0.3 is 0 Å². The minimum Gasteiger partial charge on any atom is -0.329 e. The van der Waals surface area contributed by atoms with Gasteiger partial charge in [0.1, 0.15) is 0 Å². The third-order valence-corrected chi connectivity index (χ3v) is 5.45. The van der Waals surface area contributed by atoms with Crippen LogP contribution in [0.2, 0.25) is 0 Å². The van der Waals surface area contributed by atoms with Crippen molar-refractivity contribution in [3.8, 4) is 0 Å². The Kier molecular flexibility index (Phi) is 4.38. The number of nitrogens with two attached hydrogens (primary N) is 1. The molecule has 0 bridgehead atoms. The molecule has 2 unspecified atom stereocenters. The van der Waals surface area contributed by atoms with Gasteiger partial charge in [-0.2, -0.15) is 0 Å². The number of hydrogen-bond donors (Lipinski definition) is 1. The molecule has 0 aromatic heterocycles. The number of rotatable bonds is 3. The van der Waals surface area contributed by atoms with Crippen LogP contribution in [0.3, 0.4) is 0 Å². The normalized spacial score (nSPS) is 37.7. The van der Waals surface area contributed by atoms with Crippen molar-refractivity contribution in [3.05, 3.63) is 0 Å². The third-order valence-electron chi connectivity index (χ3n) is 5.45. The fraction of sp³-hybridized carbons (Fsp3) is 1.00. The second-order valence-corrected chi connectivity index (χ2v) is 7.49. The number of nitrogens with zero attached hydrogens (tertiary/aromatic N) is 1. The maximum atomic E-state index is 6.24. The summed E-state index contributed by atoms with van der Waals surface area (Å²) < 4.78 is 0. The van der Waals surface area contributed by atoms with E-state index in [1.807, 2.05) is 0 Å². The van der Waals surface area contributed by atoms with Gasteiger partial charge in [0, 0.05) is 18.6 Å². The van der Waals surface area contributed by atoms with Crippen LogP contribution in [0, 0.1) is 11.3 Å². The number of hydrogen-bond acceptors (Lipinski definition) is 2. The van der Waals surface area contributed by atoms with E-state index in [9.17, 15) is 0 Å². The van der Waals surface area contributed by atoms with Gasteiger partial charge in [0.25, 0.3) is 0 Å². The third kappa shape index (κ3) is 2.91. The van der Waals surface area contributed by atoms with E-state index in [1.54, 1.807) is 0 Å². The summed E-state index contributed by atoms with van der Waals surface area (Å²) in [7, 11) is 0. The quantitative estimate of drug-likeness (QED) is 0.834. The van der Waals surface area contributed by atoms with E-state index < -0.39 is 0 Å². The zero-order chi connectivity index (χ0) is 13.2. The van der Waals surface area contributed by atoms with Crippen LogP contribution >= 0.6 is 0 Å². The summed E-state index contributed by atoms with van der Waals surface area (Å²) >= 11 is 0. The van der Waals surface area contributed by atoms with Crippen molar-refractivity contribution in [2.45, 2.75) is 71.3 Å². The predicted octanol–water partition coefficient (Wildman–Crippen LogP) is 3.41. The van der Waals surface area contributed by atoms with Crippen LogP contribution in [0.15, 0.2) is 0 Å². The molecule has 2 rings (SSSR count). The summed E-state index contributed by atoms with van der Waals surface area (Å²) in [5.41, 5.74) is 7.03. The molecule has 1 saturated heterocycles. The minimum absolute atomic E-state index is 0.315. The van der Waals surface area contributed by atoms with E-state index in [0.717, 1.165) is 12.5 Å². The van der Waals surface area contributed by atoms with Gasteiger partial charge < -0.3 is 5.73 Å². The molecule has 2 fully saturated rings. The molecule has 1 aliphatic heterocycles. The zero-order valence-corrected chi connectivity index (χ0v) is 12.7. The van der Waals surface area contributed by atoms with Crippen molar-refractivity contribution in [3.63, 3.8) is 0 Å². The molecule has 2 atom stereocenters. The lowest BCUT2D eigenvalue weighted by Crippen LogP contribution is -2.60. The molecule has 0 amide bonds. The summed E-state index contributed by atoms with van der Waals surface area (Å²) in [6.45, 7) is 10.6. The molecule has 18 heavy (non-hydrogen) atoms. The van der Waals surface area contributed by atoms with Gasteiger partial charge in [-0.1, -0.05) is 33.6 Å². The van der Waals surface area contributed by atoms with Crippen molar-refractivity contribution in [1.82, 2.24) is 4.90 Å². The maximum absolute atomic E-state index is 6.24. The summed E-state index contributed by atoms with van der Waals surface area (Å²) in [6, 6.07) is 0. The van der Waals surface area contributed by atoms with Crippen molar-refractivity contribution in [2.24, 2.45) is 17.1 Å². The molecule has 0 radical (unpaired) electrons. The summed E-state index contributed by atoms with van der Waals surface area (Å²) in [5.74, 6) is 0.909. The Balaban J connectivity index is 2.11. The van der Waals surface area contributed by atoms with E-state index in [2.05, 4.69) is 25.7 Å². The Bertz CT molecular complexity index is 274. The highest BCUT2D eigenvalue weighted by molar-refractivity contribution is 5.00. The van der Waals surface area contributed by atoms with Crippen molar-refractivity contribution >= 4 is 0 Å². The summed E-state index contributed by atoms with van der Waals surface area (Å²) in [5, 5.41) is 0. The smallest absolute Gasteiger partial charge is 0.0336 e. The lowest BCUT2D eigenvalue weighted by atomic mass is 9.66. The van der Waals surface area contributed by atoms with Crippen LogP contribution in [0.1, 0.15) is 65.7 Å². The van der Waals surface area contributed by atoms with E-state index >= 15 is 0 Å². The Morgan fingerprint density at radius 2 is 2.00 bits per heavy atom. The second-order valence-electron chi connectivity index (χ2n) is 7.49. The van der Waals surface area contributed by atoms with E-state index in [4.69, 9.17) is 5.73 Å². The molecule has 0 aromatic rings. The first-order chi connectivity index (χ1) is 8.51. The van der Waals surface area contributed by atoms with Crippen LogP contribution in [0.25, 0.3) is 0 Å². The molecule has 2 nitrogen and oxygen atoms in total. The van der Waals surface area contributed by atoms with Crippen molar-refractivity contribution in [1.29, 1.82) is 0 Å². The van der Waals surface area contributed by atoms with Gasteiger partial charge in [-0.25, -0.2) is 0 Å². The first kappa shape index (κ1) is 14.3. The molecular weight excluding hydrogens is 220 g/mol. The topological polar surface area (TPSA) is 29.3 Å². The zero-order valence-electron chi connectivity index (χ0n) is 12.7. The molecule has 2 heteroatoms. The van der Waals surface area contributed by atoms with E-state index in [0.29, 0.717) is 11.0 Å². The van der Waals surface area contributed by atoms with Gasteiger partial charge in [-0.3, -0.25) is 4.90 Å². The molecule has 1 aliphatic carbocycles. The molecule has 0 spiro atoms. The van der Waals surface area contributed by atoms with Crippen LogP contribution < -0.4 is 5.73 Å². The maximum Gasteiger partial charge on any atom is 0.0336 e. The van der Waals surface area contributed by atoms with Gasteiger partial charge in [0.2, 0.25) is 0 Å². The lowest BCUT2D eigenvalue weighted by molar-refractivity contribution is -0.0158. The lowest BCUT2D eigenvalue weighted by Gasteiger charge is -2.53.